The Bertz CT molecular complexity index is 301. The molecule has 1 aromatic carbocycles. The summed E-state index contributed by atoms with van der Waals surface area (Å²) in [5.74, 6) is -0.180. The summed E-state index contributed by atoms with van der Waals surface area (Å²) < 4.78 is 12.7. The molecule has 2 N–H and O–H groups in total. The summed E-state index contributed by atoms with van der Waals surface area (Å²) in [5.41, 5.74) is 7.52. The van der Waals surface area contributed by atoms with Crippen LogP contribution in [0.15, 0.2) is 24.3 Å². The summed E-state index contributed by atoms with van der Waals surface area (Å²) in [7, 11) is 0. The first kappa shape index (κ1) is 9.96. The fourth-order valence-corrected chi connectivity index (χ4v) is 2.17. The molecule has 2 unspecified atom stereocenters. The summed E-state index contributed by atoms with van der Waals surface area (Å²) in [6.07, 6.45) is 3.11. The quantitative estimate of drug-likeness (QED) is 0.784. The first-order valence-electron chi connectivity index (χ1n) is 4.59. The van der Waals surface area contributed by atoms with Gasteiger partial charge in [0.15, 0.2) is 0 Å². The third-order valence-corrected chi connectivity index (χ3v) is 3.30. The highest BCUT2D eigenvalue weighted by molar-refractivity contribution is 7.99. The van der Waals surface area contributed by atoms with Gasteiger partial charge in [0.25, 0.3) is 0 Å². The van der Waals surface area contributed by atoms with Crippen molar-refractivity contribution in [3.05, 3.63) is 35.6 Å². The van der Waals surface area contributed by atoms with Crippen molar-refractivity contribution in [2.75, 3.05) is 6.26 Å². The van der Waals surface area contributed by atoms with E-state index >= 15 is 0 Å². The lowest BCUT2D eigenvalue weighted by molar-refractivity contribution is 0.575. The number of hydrogen-bond acceptors (Lipinski definition) is 3. The molecule has 14 heavy (non-hydrogen) atoms. The predicted molar refractivity (Wildman–Crippen MR) is 57.3 cm³/mol. The molecule has 0 amide bonds. The highest BCUT2D eigenvalue weighted by Crippen LogP contribution is 2.26. The minimum Gasteiger partial charge on any atom is -0.249 e. The predicted octanol–water partition coefficient (Wildman–Crippen LogP) is 2.05. The lowest BCUT2D eigenvalue weighted by Gasteiger charge is -2.08. The molecule has 2 nitrogen and oxygen atoms in total. The standard InChI is InChI=1S/C10H13FN2S/c1-14-10-6-9(12-13-10)7-2-4-8(11)5-3-7/h2-5,9-10,12-13H,6H2,1H3. The van der Waals surface area contributed by atoms with Crippen molar-refractivity contribution in [1.82, 2.24) is 10.9 Å². The number of nitrogens with one attached hydrogen (secondary N) is 2. The number of thioether (sulfide) groups is 1. The van der Waals surface area contributed by atoms with E-state index in [-0.39, 0.29) is 5.82 Å². The largest absolute Gasteiger partial charge is 0.249 e. The van der Waals surface area contributed by atoms with Crippen LogP contribution in [0.4, 0.5) is 4.39 Å². The Labute approximate surface area is 87.2 Å². The Balaban J connectivity index is 2.06. The van der Waals surface area contributed by atoms with Gasteiger partial charge >= 0.3 is 0 Å². The molecule has 0 aromatic heterocycles. The molecular formula is C10H13FN2S. The summed E-state index contributed by atoms with van der Waals surface area (Å²) >= 11 is 1.79. The second-order valence-corrected chi connectivity index (χ2v) is 4.39. The number of hydrazine groups is 1. The molecule has 2 atom stereocenters. The molecule has 1 heterocycles. The van der Waals surface area contributed by atoms with Gasteiger partial charge in [0.05, 0.1) is 5.37 Å². The van der Waals surface area contributed by atoms with Crippen LogP contribution in [0.25, 0.3) is 0 Å². The molecule has 0 saturated carbocycles. The van der Waals surface area contributed by atoms with Crippen LogP contribution in [-0.4, -0.2) is 11.6 Å². The molecule has 1 fully saturated rings. The van der Waals surface area contributed by atoms with E-state index in [1.807, 2.05) is 12.1 Å². The van der Waals surface area contributed by atoms with Crippen molar-refractivity contribution >= 4 is 11.8 Å². The van der Waals surface area contributed by atoms with E-state index in [0.717, 1.165) is 12.0 Å². The SMILES string of the molecule is CSC1CC(c2ccc(F)cc2)NN1. The lowest BCUT2D eigenvalue weighted by atomic mass is 10.1. The van der Waals surface area contributed by atoms with Gasteiger partial charge in [0.2, 0.25) is 0 Å². The van der Waals surface area contributed by atoms with Crippen molar-refractivity contribution in [2.45, 2.75) is 17.8 Å². The van der Waals surface area contributed by atoms with E-state index in [4.69, 9.17) is 0 Å². The molecule has 76 valence electrons. The minimum absolute atomic E-state index is 0.180. The van der Waals surface area contributed by atoms with Gasteiger partial charge in [-0.15, -0.1) is 11.8 Å². The van der Waals surface area contributed by atoms with Crippen molar-refractivity contribution in [1.29, 1.82) is 0 Å². The van der Waals surface area contributed by atoms with Gasteiger partial charge in [0.1, 0.15) is 5.82 Å². The van der Waals surface area contributed by atoms with E-state index in [1.54, 1.807) is 11.8 Å². The van der Waals surface area contributed by atoms with Crippen molar-refractivity contribution in [3.63, 3.8) is 0 Å². The molecule has 1 aromatic rings. The molecule has 4 heteroatoms. The van der Waals surface area contributed by atoms with E-state index in [1.165, 1.54) is 12.1 Å². The average Bonchev–Trinajstić information content (AvgIpc) is 2.67. The van der Waals surface area contributed by atoms with Gasteiger partial charge < -0.3 is 0 Å². The molecule has 1 saturated heterocycles. The van der Waals surface area contributed by atoms with Crippen LogP contribution in [0.1, 0.15) is 18.0 Å². The number of benzene rings is 1. The molecule has 1 aliphatic rings. The van der Waals surface area contributed by atoms with Gasteiger partial charge in [-0.3, -0.25) is 0 Å². The topological polar surface area (TPSA) is 24.1 Å². The normalized spacial score (nSPS) is 26.7. The first-order valence-corrected chi connectivity index (χ1v) is 5.87. The fraction of sp³-hybridized carbons (Fsp3) is 0.400. The maximum absolute atomic E-state index is 12.7. The van der Waals surface area contributed by atoms with Gasteiger partial charge in [-0.25, -0.2) is 15.2 Å². The third kappa shape index (κ3) is 2.08. The van der Waals surface area contributed by atoms with Crippen molar-refractivity contribution < 1.29 is 4.39 Å². The van der Waals surface area contributed by atoms with E-state index in [2.05, 4.69) is 17.1 Å². The highest BCUT2D eigenvalue weighted by atomic mass is 32.2. The molecule has 2 rings (SSSR count). The van der Waals surface area contributed by atoms with Crippen LogP contribution in [0.3, 0.4) is 0 Å². The number of hydrogen-bond donors (Lipinski definition) is 2. The maximum Gasteiger partial charge on any atom is 0.123 e. The average molecular weight is 212 g/mol. The van der Waals surface area contributed by atoms with Crippen LogP contribution in [0.5, 0.6) is 0 Å². The smallest absolute Gasteiger partial charge is 0.123 e. The Morgan fingerprint density at radius 1 is 1.29 bits per heavy atom. The van der Waals surface area contributed by atoms with Gasteiger partial charge in [-0.2, -0.15) is 0 Å². The summed E-state index contributed by atoms with van der Waals surface area (Å²) in [6.45, 7) is 0. The summed E-state index contributed by atoms with van der Waals surface area (Å²) in [5, 5.41) is 0.449. The van der Waals surface area contributed by atoms with Crippen LogP contribution >= 0.6 is 11.8 Å². The summed E-state index contributed by atoms with van der Waals surface area (Å²) in [4.78, 5) is 0. The van der Waals surface area contributed by atoms with E-state index in [0.29, 0.717) is 11.4 Å². The highest BCUT2D eigenvalue weighted by Gasteiger charge is 2.23. The maximum atomic E-state index is 12.7. The van der Waals surface area contributed by atoms with Crippen molar-refractivity contribution in [2.24, 2.45) is 0 Å². The number of rotatable bonds is 2. The second-order valence-electron chi connectivity index (χ2n) is 3.35. The van der Waals surface area contributed by atoms with Crippen molar-refractivity contribution in [3.8, 4) is 0 Å². The Morgan fingerprint density at radius 3 is 2.57 bits per heavy atom. The van der Waals surface area contributed by atoms with E-state index in [9.17, 15) is 4.39 Å². The third-order valence-electron chi connectivity index (χ3n) is 2.43. The zero-order chi connectivity index (χ0) is 9.97. The molecule has 1 aliphatic heterocycles. The zero-order valence-corrected chi connectivity index (χ0v) is 8.77. The minimum atomic E-state index is -0.180. The van der Waals surface area contributed by atoms with Crippen LogP contribution in [-0.2, 0) is 0 Å². The Morgan fingerprint density at radius 2 is 2.00 bits per heavy atom. The van der Waals surface area contributed by atoms with Gasteiger partial charge in [-0.1, -0.05) is 12.1 Å². The van der Waals surface area contributed by atoms with E-state index < -0.39 is 0 Å². The van der Waals surface area contributed by atoms with Crippen LogP contribution < -0.4 is 10.9 Å². The first-order chi connectivity index (χ1) is 6.79. The van der Waals surface area contributed by atoms with Crippen LogP contribution in [0, 0.1) is 5.82 Å². The molecule has 0 spiro atoms. The lowest BCUT2D eigenvalue weighted by Crippen LogP contribution is -2.28. The fourth-order valence-electron chi connectivity index (χ4n) is 1.60. The Kier molecular flexibility index (Phi) is 3.05. The monoisotopic (exact) mass is 212 g/mol. The van der Waals surface area contributed by atoms with Gasteiger partial charge in [0, 0.05) is 6.04 Å². The van der Waals surface area contributed by atoms with Crippen LogP contribution in [0.2, 0.25) is 0 Å². The molecule has 0 radical (unpaired) electrons. The molecular weight excluding hydrogens is 199 g/mol. The van der Waals surface area contributed by atoms with Gasteiger partial charge in [-0.05, 0) is 30.4 Å². The molecule has 0 aliphatic carbocycles. The zero-order valence-electron chi connectivity index (χ0n) is 7.96. The Hall–Kier alpha value is -0.580. The molecule has 0 bridgehead atoms. The summed E-state index contributed by atoms with van der Waals surface area (Å²) in [6, 6.07) is 6.97. The number of halogens is 1. The second kappa shape index (κ2) is 4.29.